The number of nitrogens with one attached hydrogen (secondary N) is 3. The zero-order chi connectivity index (χ0) is 64.1. The van der Waals surface area contributed by atoms with Gasteiger partial charge in [0.1, 0.15) is 47.3 Å². The average Bonchev–Trinajstić information content (AvgIpc) is 1.61. The lowest BCUT2D eigenvalue weighted by molar-refractivity contribution is -0.162. The monoisotopic (exact) mass is 1260 g/mol. The van der Waals surface area contributed by atoms with Gasteiger partial charge in [-0.3, -0.25) is 19.7 Å². The fourth-order valence-corrected chi connectivity index (χ4v) is 11.2. The van der Waals surface area contributed by atoms with Crippen molar-refractivity contribution < 1.29 is 90.7 Å². The van der Waals surface area contributed by atoms with Crippen molar-refractivity contribution in [3.05, 3.63) is 106 Å². The molecule has 7 rings (SSSR count). The first-order chi connectivity index (χ1) is 42.8. The first kappa shape index (κ1) is 69.8. The molecule has 4 aliphatic rings. The molecule has 25 heteroatoms. The number of epoxide rings is 1. The molecule has 1 aliphatic carbocycles. The number of anilines is 1. The number of likely N-dealkylation sites (N-methyl/N-ethyl adjacent to an activating group) is 1. The van der Waals surface area contributed by atoms with Gasteiger partial charge in [0.25, 0.3) is 0 Å². The molecular formula is C64H86ClN5O19. The summed E-state index contributed by atoms with van der Waals surface area (Å²) in [5.74, 6) is -2.32. The van der Waals surface area contributed by atoms with Gasteiger partial charge < -0.3 is 82.4 Å². The third-order valence-corrected chi connectivity index (χ3v) is 16.5. The van der Waals surface area contributed by atoms with Crippen molar-refractivity contribution >= 4 is 53.2 Å². The summed E-state index contributed by atoms with van der Waals surface area (Å²) in [4.78, 5) is 81.9. The number of aliphatic hydroxyl groups is 1. The number of carbonyl (C=O) groups is 6. The molecule has 0 saturated carbocycles. The van der Waals surface area contributed by atoms with E-state index in [1.807, 2.05) is 49.4 Å². The zero-order valence-corrected chi connectivity index (χ0v) is 52.8. The summed E-state index contributed by atoms with van der Waals surface area (Å²) in [7, 11) is 5.93. The molecule has 3 aromatic rings. The number of alkyl carbamates (subject to hydrolysis) is 2. The summed E-state index contributed by atoms with van der Waals surface area (Å²) < 4.78 is 68.3. The van der Waals surface area contributed by atoms with Crippen molar-refractivity contribution in [1.29, 1.82) is 0 Å². The molecule has 3 aromatic carbocycles. The predicted molar refractivity (Wildman–Crippen MR) is 327 cm³/mol. The van der Waals surface area contributed by atoms with Crippen molar-refractivity contribution in [2.45, 2.75) is 101 Å². The fourth-order valence-electron chi connectivity index (χ4n) is 10.9. The van der Waals surface area contributed by atoms with E-state index in [1.54, 1.807) is 45.2 Å². The summed E-state index contributed by atoms with van der Waals surface area (Å²) in [6, 6.07) is 18.6. The molecule has 24 nitrogen and oxygen atoms in total. The highest BCUT2D eigenvalue weighted by molar-refractivity contribution is 6.35. The molecule has 1 unspecified atom stereocenters. The molecule has 2 saturated heterocycles. The van der Waals surface area contributed by atoms with E-state index in [2.05, 4.69) is 28.1 Å². The van der Waals surface area contributed by atoms with Crippen LogP contribution < -0.4 is 25.6 Å². The minimum absolute atomic E-state index is 0.0419. The second-order valence-corrected chi connectivity index (χ2v) is 22.7. The second kappa shape index (κ2) is 33.9. The number of allylic oxidation sites excluding steroid dienone is 3. The molecule has 0 spiro atoms. The SMILES string of the molecule is COc1cc2cc(c1Cl)N(C)C(=O)C[C@H](OC(=O)[C@H](C)N(C)C(=O)CCOCCOCCOCCOCCOCCOCCNC(=O)CNC(=O)OCC1c3ccccc3-c3ccccc31)[C@]1(C)OC1[C@H](C)[C@@H]1C[C@@](O)(NC(=O)O1)[C@H](OC)/C=C/C=C(\C)C2. The average molecular weight is 1260 g/mol. The molecule has 2 fully saturated rings. The molecule has 89 heavy (non-hydrogen) atoms. The largest absolute Gasteiger partial charge is 0.495 e. The van der Waals surface area contributed by atoms with E-state index in [4.69, 9.17) is 68.4 Å². The number of hydrogen-bond donors (Lipinski definition) is 4. The van der Waals surface area contributed by atoms with Crippen molar-refractivity contribution in [1.82, 2.24) is 20.9 Å². The van der Waals surface area contributed by atoms with Crippen LogP contribution >= 0.6 is 11.6 Å². The van der Waals surface area contributed by atoms with Gasteiger partial charge in [0, 0.05) is 46.0 Å². The number of hydrogen-bond acceptors (Lipinski definition) is 19. The van der Waals surface area contributed by atoms with Gasteiger partial charge in [-0.2, -0.15) is 0 Å². The molecule has 4 N–H and O–H groups in total. The first-order valence-corrected chi connectivity index (χ1v) is 30.3. The van der Waals surface area contributed by atoms with Crippen LogP contribution in [0.4, 0.5) is 15.3 Å². The third-order valence-electron chi connectivity index (χ3n) is 16.2. The Morgan fingerprint density at radius 1 is 0.854 bits per heavy atom. The van der Waals surface area contributed by atoms with Crippen molar-refractivity contribution in [2.24, 2.45) is 5.92 Å². The van der Waals surface area contributed by atoms with Crippen LogP contribution in [0.1, 0.15) is 69.6 Å². The predicted octanol–water partition coefficient (Wildman–Crippen LogP) is 5.66. The number of rotatable bonds is 30. The molecule has 3 heterocycles. The fraction of sp³-hybridized carbons (Fsp3) is 0.562. The summed E-state index contributed by atoms with van der Waals surface area (Å²) in [6.45, 7) is 10.7. The van der Waals surface area contributed by atoms with Gasteiger partial charge in [-0.1, -0.05) is 90.9 Å². The number of fused-ring (bicyclic) bond motifs is 8. The smallest absolute Gasteiger partial charge is 0.409 e. The third kappa shape index (κ3) is 19.4. The quantitative estimate of drug-likeness (QED) is 0.0271. The van der Waals surface area contributed by atoms with Crippen LogP contribution in [-0.2, 0) is 77.7 Å². The number of amides is 5. The molecule has 488 valence electrons. The van der Waals surface area contributed by atoms with E-state index in [1.165, 1.54) is 38.0 Å². The van der Waals surface area contributed by atoms with E-state index >= 15 is 0 Å². The first-order valence-electron chi connectivity index (χ1n) is 29.9. The molecule has 3 aliphatic heterocycles. The van der Waals surface area contributed by atoms with E-state index in [-0.39, 0.29) is 82.2 Å². The van der Waals surface area contributed by atoms with Gasteiger partial charge in [-0.05, 0) is 67.1 Å². The molecule has 5 amide bonds. The van der Waals surface area contributed by atoms with E-state index in [0.717, 1.165) is 33.4 Å². The second-order valence-electron chi connectivity index (χ2n) is 22.4. The van der Waals surface area contributed by atoms with Gasteiger partial charge in [0.2, 0.25) is 17.7 Å². The van der Waals surface area contributed by atoms with Crippen molar-refractivity contribution in [3.63, 3.8) is 0 Å². The van der Waals surface area contributed by atoms with Crippen molar-refractivity contribution in [2.75, 3.05) is 132 Å². The maximum absolute atomic E-state index is 14.3. The van der Waals surface area contributed by atoms with Gasteiger partial charge in [0.15, 0.2) is 5.72 Å². The van der Waals surface area contributed by atoms with Gasteiger partial charge in [0.05, 0.1) is 118 Å². The Morgan fingerprint density at radius 2 is 1.44 bits per heavy atom. The van der Waals surface area contributed by atoms with Crippen molar-refractivity contribution in [3.8, 4) is 16.9 Å². The van der Waals surface area contributed by atoms with Crippen LogP contribution in [0.3, 0.4) is 0 Å². The van der Waals surface area contributed by atoms with Crippen LogP contribution in [0.25, 0.3) is 11.1 Å². The lowest BCUT2D eigenvalue weighted by Gasteiger charge is -2.42. The summed E-state index contributed by atoms with van der Waals surface area (Å²) in [5.41, 5.74) is 3.38. The topological polar surface area (TPSA) is 279 Å². The van der Waals surface area contributed by atoms with Gasteiger partial charge in [-0.25, -0.2) is 14.4 Å². The number of halogens is 1. The molecular weight excluding hydrogens is 1180 g/mol. The number of esters is 1. The maximum atomic E-state index is 14.3. The Kier molecular flexibility index (Phi) is 26.6. The molecule has 4 bridgehead atoms. The lowest BCUT2D eigenvalue weighted by atomic mass is 9.83. The highest BCUT2D eigenvalue weighted by atomic mass is 35.5. The number of carbonyl (C=O) groups excluding carboxylic acids is 6. The Balaban J connectivity index is 0.727. The summed E-state index contributed by atoms with van der Waals surface area (Å²) in [5, 5.41) is 19.8. The standard InChI is InChI=1S/C64H86ClN5O19/c1-41-14-13-19-53(79-8)64(77)38-52(87-62(76)68-64)42(2)59-63(4,89-59)54(37-57(73)70(6)50-35-44(34-41)36-51(78-7)58(50)65)88-60(74)43(3)69(5)56(72)20-22-80-24-26-82-28-30-84-32-33-85-31-29-83-27-25-81-23-21-66-55(71)39-67-61(75)86-40-49-47-17-11-9-15-45(47)46-16-10-12-18-48(46)49/h9-19,35-36,42-43,49,52-54,59,77H,20-34,37-40H2,1-8H3,(H,66,71)(H,67,75)(H,68,76)/b19-13+,41-14+/t42-,43+,52+,53-,54+,59?,63+,64+/m1/s1. The minimum atomic E-state index is -1.87. The van der Waals surface area contributed by atoms with E-state index in [0.29, 0.717) is 70.7 Å². The number of ether oxygens (including phenoxy) is 12. The van der Waals surface area contributed by atoms with E-state index < -0.39 is 77.7 Å². The summed E-state index contributed by atoms with van der Waals surface area (Å²) in [6.07, 6.45) is -0.153. The number of benzene rings is 3. The van der Waals surface area contributed by atoms with Gasteiger partial charge in [-0.15, -0.1) is 0 Å². The van der Waals surface area contributed by atoms with Crippen LogP contribution in [0.5, 0.6) is 5.75 Å². The molecule has 0 radical (unpaired) electrons. The van der Waals surface area contributed by atoms with Crippen LogP contribution in [0, 0.1) is 5.92 Å². The van der Waals surface area contributed by atoms with Gasteiger partial charge >= 0.3 is 18.2 Å². The Hall–Kier alpha value is -6.71. The molecule has 8 atom stereocenters. The highest BCUT2D eigenvalue weighted by Gasteiger charge is 2.64. The Bertz CT molecular complexity index is 2900. The lowest BCUT2D eigenvalue weighted by Crippen LogP contribution is -2.63. The van der Waals surface area contributed by atoms with Crippen LogP contribution in [0.2, 0.25) is 5.02 Å². The van der Waals surface area contributed by atoms with Crippen LogP contribution in [-0.4, -0.2) is 215 Å². The highest BCUT2D eigenvalue weighted by Crippen LogP contribution is 2.50. The molecule has 0 aromatic heterocycles. The number of methoxy groups -OCH3 is 2. The number of nitrogens with zero attached hydrogens (tertiary/aromatic N) is 2. The minimum Gasteiger partial charge on any atom is -0.495 e. The maximum Gasteiger partial charge on any atom is 0.409 e. The van der Waals surface area contributed by atoms with E-state index in [9.17, 15) is 33.9 Å². The zero-order valence-electron chi connectivity index (χ0n) is 52.1. The Morgan fingerprint density at radius 3 is 2.03 bits per heavy atom. The normalized spacial score (nSPS) is 23.7. The Labute approximate surface area is 525 Å². The summed E-state index contributed by atoms with van der Waals surface area (Å²) >= 11 is 6.82. The van der Waals surface area contributed by atoms with Crippen LogP contribution in [0.15, 0.2) is 84.5 Å².